The van der Waals surface area contributed by atoms with Crippen LogP contribution in [0.15, 0.2) is 60.8 Å². The number of nitrogens with zero attached hydrogens (tertiary/aromatic N) is 1. The first-order valence-electron chi connectivity index (χ1n) is 7.48. The van der Waals surface area contributed by atoms with Crippen LogP contribution in [0.1, 0.15) is 22.7 Å². The molecule has 0 aliphatic heterocycles. The highest BCUT2D eigenvalue weighted by molar-refractivity contribution is 5.79. The molecule has 1 atom stereocenters. The van der Waals surface area contributed by atoms with E-state index < -0.39 is 0 Å². The van der Waals surface area contributed by atoms with Crippen LogP contribution in [0, 0.1) is 5.92 Å². The third-order valence-corrected chi connectivity index (χ3v) is 4.60. The summed E-state index contributed by atoms with van der Waals surface area (Å²) in [5.74, 6) is 0.497. The molecule has 3 aromatic rings. The first kappa shape index (κ1) is 12.5. The Labute approximate surface area is 124 Å². The number of nitrogens with two attached hydrogens (primary N) is 1. The van der Waals surface area contributed by atoms with Gasteiger partial charge in [0.25, 0.3) is 0 Å². The lowest BCUT2D eigenvalue weighted by atomic mass is 9.90. The van der Waals surface area contributed by atoms with Gasteiger partial charge in [0.15, 0.2) is 0 Å². The van der Waals surface area contributed by atoms with Crippen molar-refractivity contribution in [3.05, 3.63) is 77.5 Å². The fourth-order valence-electron chi connectivity index (χ4n) is 3.42. The Balaban J connectivity index is 1.64. The lowest BCUT2D eigenvalue weighted by molar-refractivity contribution is 0.454. The Morgan fingerprint density at radius 2 is 1.71 bits per heavy atom. The van der Waals surface area contributed by atoms with E-state index >= 15 is 0 Å². The minimum Gasteiger partial charge on any atom is -0.324 e. The maximum Gasteiger partial charge on any atom is 0.0702 e. The van der Waals surface area contributed by atoms with Crippen molar-refractivity contribution < 1.29 is 0 Å². The topological polar surface area (TPSA) is 38.9 Å². The zero-order valence-corrected chi connectivity index (χ0v) is 11.9. The molecule has 0 bridgehead atoms. The molecular weight excluding hydrogens is 256 g/mol. The van der Waals surface area contributed by atoms with Gasteiger partial charge in [-0.15, -0.1) is 0 Å². The van der Waals surface area contributed by atoms with E-state index in [2.05, 4.69) is 53.5 Å². The molecule has 0 spiro atoms. The molecule has 1 unspecified atom stereocenters. The monoisotopic (exact) mass is 274 g/mol. The average molecular weight is 274 g/mol. The third kappa shape index (κ3) is 2.22. The van der Waals surface area contributed by atoms with Crippen molar-refractivity contribution >= 4 is 10.9 Å². The van der Waals surface area contributed by atoms with Gasteiger partial charge in [-0.3, -0.25) is 4.98 Å². The van der Waals surface area contributed by atoms with Crippen LogP contribution in [-0.2, 0) is 12.8 Å². The van der Waals surface area contributed by atoms with Crippen LogP contribution in [0.25, 0.3) is 10.9 Å². The van der Waals surface area contributed by atoms with Crippen molar-refractivity contribution in [2.45, 2.75) is 18.9 Å². The van der Waals surface area contributed by atoms with Crippen molar-refractivity contribution in [2.75, 3.05) is 0 Å². The summed E-state index contributed by atoms with van der Waals surface area (Å²) < 4.78 is 0. The van der Waals surface area contributed by atoms with E-state index in [-0.39, 0.29) is 6.04 Å². The Morgan fingerprint density at radius 1 is 0.952 bits per heavy atom. The molecule has 104 valence electrons. The summed E-state index contributed by atoms with van der Waals surface area (Å²) in [7, 11) is 0. The van der Waals surface area contributed by atoms with Crippen molar-refractivity contribution in [3.8, 4) is 0 Å². The van der Waals surface area contributed by atoms with E-state index in [0.717, 1.165) is 18.4 Å². The normalized spacial score (nSPS) is 16.0. The van der Waals surface area contributed by atoms with E-state index in [1.807, 2.05) is 12.3 Å². The van der Waals surface area contributed by atoms with E-state index in [1.54, 1.807) is 0 Å². The van der Waals surface area contributed by atoms with Crippen molar-refractivity contribution in [1.82, 2.24) is 4.98 Å². The molecule has 1 aliphatic rings. The molecule has 2 nitrogen and oxygen atoms in total. The third-order valence-electron chi connectivity index (χ3n) is 4.60. The average Bonchev–Trinajstić information content (AvgIpc) is 2.97. The van der Waals surface area contributed by atoms with E-state index in [4.69, 9.17) is 5.73 Å². The molecular formula is C19H18N2. The SMILES string of the molecule is NC(c1ccc2ncccc2c1)C1Cc2ccccc2C1. The van der Waals surface area contributed by atoms with Crippen LogP contribution >= 0.6 is 0 Å². The summed E-state index contributed by atoms with van der Waals surface area (Å²) in [6.45, 7) is 0. The number of pyridine rings is 1. The molecule has 0 saturated carbocycles. The van der Waals surface area contributed by atoms with Gasteiger partial charge in [0, 0.05) is 17.6 Å². The lowest BCUT2D eigenvalue weighted by Crippen LogP contribution is -2.21. The van der Waals surface area contributed by atoms with Crippen molar-refractivity contribution in [2.24, 2.45) is 11.7 Å². The maximum atomic E-state index is 6.55. The Hall–Kier alpha value is -2.19. The van der Waals surface area contributed by atoms with E-state index in [1.165, 1.54) is 22.1 Å². The Kier molecular flexibility index (Phi) is 2.97. The van der Waals surface area contributed by atoms with E-state index in [0.29, 0.717) is 5.92 Å². The lowest BCUT2D eigenvalue weighted by Gasteiger charge is -2.19. The predicted molar refractivity (Wildman–Crippen MR) is 86.0 cm³/mol. The smallest absolute Gasteiger partial charge is 0.0702 e. The fourth-order valence-corrected chi connectivity index (χ4v) is 3.42. The minimum absolute atomic E-state index is 0.0852. The van der Waals surface area contributed by atoms with Crippen molar-refractivity contribution in [1.29, 1.82) is 0 Å². The molecule has 0 fully saturated rings. The molecule has 0 amide bonds. The van der Waals surface area contributed by atoms with Gasteiger partial charge >= 0.3 is 0 Å². The first-order chi connectivity index (χ1) is 10.3. The fraction of sp³-hybridized carbons (Fsp3) is 0.211. The minimum atomic E-state index is 0.0852. The molecule has 2 N–H and O–H groups in total. The molecule has 1 aromatic heterocycles. The molecule has 2 heteroatoms. The van der Waals surface area contributed by atoms with Crippen LogP contribution in [0.3, 0.4) is 0 Å². The van der Waals surface area contributed by atoms with Gasteiger partial charge in [-0.05, 0) is 53.6 Å². The molecule has 21 heavy (non-hydrogen) atoms. The molecule has 4 rings (SSSR count). The number of hydrogen-bond donors (Lipinski definition) is 1. The zero-order valence-electron chi connectivity index (χ0n) is 11.9. The quantitative estimate of drug-likeness (QED) is 0.774. The summed E-state index contributed by atoms with van der Waals surface area (Å²) in [5.41, 5.74) is 11.7. The number of aromatic nitrogens is 1. The molecule has 0 radical (unpaired) electrons. The molecule has 2 aromatic carbocycles. The largest absolute Gasteiger partial charge is 0.324 e. The number of rotatable bonds is 2. The molecule has 0 saturated heterocycles. The zero-order chi connectivity index (χ0) is 14.2. The van der Waals surface area contributed by atoms with Gasteiger partial charge in [-0.1, -0.05) is 36.4 Å². The van der Waals surface area contributed by atoms with Gasteiger partial charge in [-0.2, -0.15) is 0 Å². The summed E-state index contributed by atoms with van der Waals surface area (Å²) in [4.78, 5) is 4.37. The van der Waals surface area contributed by atoms with Crippen LogP contribution in [0.2, 0.25) is 0 Å². The molecule has 1 heterocycles. The van der Waals surface area contributed by atoms with Crippen LogP contribution in [0.4, 0.5) is 0 Å². The van der Waals surface area contributed by atoms with Crippen LogP contribution in [-0.4, -0.2) is 4.98 Å². The highest BCUT2D eigenvalue weighted by Crippen LogP contribution is 2.34. The Morgan fingerprint density at radius 3 is 2.48 bits per heavy atom. The first-order valence-corrected chi connectivity index (χ1v) is 7.48. The van der Waals surface area contributed by atoms with Gasteiger partial charge in [-0.25, -0.2) is 0 Å². The highest BCUT2D eigenvalue weighted by atomic mass is 14.7. The second-order valence-corrected chi connectivity index (χ2v) is 5.92. The number of hydrogen-bond acceptors (Lipinski definition) is 2. The van der Waals surface area contributed by atoms with Gasteiger partial charge in [0.05, 0.1) is 5.52 Å². The van der Waals surface area contributed by atoms with Crippen LogP contribution in [0.5, 0.6) is 0 Å². The number of benzene rings is 2. The standard InChI is InChI=1S/C19H18N2/c20-19(17-10-13-4-1-2-5-14(13)11-17)16-7-8-18-15(12-16)6-3-9-21-18/h1-9,12,17,19H,10-11,20H2. The highest BCUT2D eigenvalue weighted by Gasteiger charge is 2.27. The predicted octanol–water partition coefficient (Wildman–Crippen LogP) is 3.65. The summed E-state index contributed by atoms with van der Waals surface area (Å²) in [6.07, 6.45) is 4.00. The van der Waals surface area contributed by atoms with Gasteiger partial charge < -0.3 is 5.73 Å². The second kappa shape index (κ2) is 4.97. The van der Waals surface area contributed by atoms with E-state index in [9.17, 15) is 0 Å². The number of fused-ring (bicyclic) bond motifs is 2. The summed E-state index contributed by atoms with van der Waals surface area (Å²) in [5, 5.41) is 1.17. The van der Waals surface area contributed by atoms with Gasteiger partial charge in [0.2, 0.25) is 0 Å². The summed E-state index contributed by atoms with van der Waals surface area (Å²) >= 11 is 0. The Bertz CT molecular complexity index is 769. The van der Waals surface area contributed by atoms with Gasteiger partial charge in [0.1, 0.15) is 0 Å². The maximum absolute atomic E-state index is 6.55. The molecule has 1 aliphatic carbocycles. The second-order valence-electron chi connectivity index (χ2n) is 5.92. The van der Waals surface area contributed by atoms with Crippen molar-refractivity contribution in [3.63, 3.8) is 0 Å². The summed E-state index contributed by atoms with van der Waals surface area (Å²) in [6, 6.07) is 19.3. The van der Waals surface area contributed by atoms with Crippen LogP contribution < -0.4 is 5.73 Å².